The molecule has 1 N–H and O–H groups in total. The second-order valence-electron chi connectivity index (χ2n) is 5.98. The van der Waals surface area contributed by atoms with E-state index in [1.54, 1.807) is 7.05 Å². The fraction of sp³-hybridized carbons (Fsp3) is 0.733. The van der Waals surface area contributed by atoms with Crippen molar-refractivity contribution >= 4 is 21.8 Å². The molecule has 0 aromatic carbocycles. The van der Waals surface area contributed by atoms with Crippen LogP contribution in [0.15, 0.2) is 4.47 Å². The Morgan fingerprint density at radius 1 is 1.48 bits per heavy atom. The van der Waals surface area contributed by atoms with Crippen LogP contribution in [0.5, 0.6) is 0 Å². The largest absolute Gasteiger partial charge is 0.359 e. The van der Waals surface area contributed by atoms with Crippen LogP contribution in [0, 0.1) is 5.41 Å². The summed E-state index contributed by atoms with van der Waals surface area (Å²) < 4.78 is 3.19. The molecule has 0 saturated carbocycles. The predicted molar refractivity (Wildman–Crippen MR) is 87.0 cm³/mol. The lowest BCUT2D eigenvalue weighted by atomic mass is 9.89. The van der Waals surface area contributed by atoms with E-state index in [9.17, 15) is 4.79 Å². The van der Waals surface area contributed by atoms with E-state index < -0.39 is 0 Å². The Balaban J connectivity index is 2.13. The topological polar surface area (TPSA) is 50.2 Å². The van der Waals surface area contributed by atoms with Crippen molar-refractivity contribution in [2.45, 2.75) is 46.7 Å². The predicted octanol–water partition coefficient (Wildman–Crippen LogP) is 2.19. The molecular formula is C15H25BrN4O. The Kier molecular flexibility index (Phi) is 5.09. The Bertz CT molecular complexity index is 528. The van der Waals surface area contributed by atoms with E-state index in [-0.39, 0.29) is 11.3 Å². The first-order valence-corrected chi connectivity index (χ1v) is 8.43. The van der Waals surface area contributed by atoms with Crippen molar-refractivity contribution < 1.29 is 4.79 Å². The van der Waals surface area contributed by atoms with Gasteiger partial charge in [-0.15, -0.1) is 0 Å². The summed E-state index contributed by atoms with van der Waals surface area (Å²) in [5, 5.41) is 7.43. The van der Waals surface area contributed by atoms with Gasteiger partial charge >= 0.3 is 0 Å². The molecule has 6 heteroatoms. The van der Waals surface area contributed by atoms with Gasteiger partial charge in [0.1, 0.15) is 0 Å². The zero-order chi connectivity index (χ0) is 15.6. The molecule has 21 heavy (non-hydrogen) atoms. The van der Waals surface area contributed by atoms with Crippen LogP contribution in [0.1, 0.15) is 38.6 Å². The number of aromatic nitrogens is 2. The number of aryl methyl sites for hydroxylation is 2. The summed E-state index contributed by atoms with van der Waals surface area (Å²) in [5.41, 5.74) is 2.06. The van der Waals surface area contributed by atoms with E-state index in [4.69, 9.17) is 0 Å². The lowest BCUT2D eigenvalue weighted by Crippen LogP contribution is -2.39. The van der Waals surface area contributed by atoms with Crippen molar-refractivity contribution in [2.24, 2.45) is 5.41 Å². The van der Waals surface area contributed by atoms with E-state index in [2.05, 4.69) is 56.7 Å². The van der Waals surface area contributed by atoms with Crippen LogP contribution in [0.3, 0.4) is 0 Å². The van der Waals surface area contributed by atoms with Crippen LogP contribution in [0.25, 0.3) is 0 Å². The SMILES string of the molecule is CCc1nn(CC)c(CN2CCC(C)(C(=O)NC)C2)c1Br. The average Bonchev–Trinajstić information content (AvgIpc) is 3.01. The number of rotatable bonds is 5. The van der Waals surface area contributed by atoms with Gasteiger partial charge in [-0.05, 0) is 49.2 Å². The minimum absolute atomic E-state index is 0.141. The van der Waals surface area contributed by atoms with Gasteiger partial charge in [0.2, 0.25) is 5.91 Å². The van der Waals surface area contributed by atoms with E-state index >= 15 is 0 Å². The van der Waals surface area contributed by atoms with E-state index in [0.29, 0.717) is 0 Å². The van der Waals surface area contributed by atoms with Crippen LogP contribution < -0.4 is 5.32 Å². The molecule has 0 radical (unpaired) electrons. The Morgan fingerprint density at radius 3 is 2.76 bits per heavy atom. The highest BCUT2D eigenvalue weighted by atomic mass is 79.9. The van der Waals surface area contributed by atoms with Crippen molar-refractivity contribution in [1.82, 2.24) is 20.0 Å². The van der Waals surface area contributed by atoms with E-state index in [0.717, 1.165) is 49.2 Å². The smallest absolute Gasteiger partial charge is 0.227 e. The number of halogens is 1. The lowest BCUT2D eigenvalue weighted by Gasteiger charge is -2.23. The maximum Gasteiger partial charge on any atom is 0.227 e. The standard InChI is InChI=1S/C15H25BrN4O/c1-5-11-13(16)12(20(6-2)18-11)9-19-8-7-15(3,10-19)14(21)17-4/h5-10H2,1-4H3,(H,17,21). The fourth-order valence-corrected chi connectivity index (χ4v) is 3.75. The molecule has 1 unspecified atom stereocenters. The van der Waals surface area contributed by atoms with Crippen LogP contribution in [-0.4, -0.2) is 40.7 Å². The number of carbonyl (C=O) groups is 1. The van der Waals surface area contributed by atoms with Gasteiger partial charge in [-0.25, -0.2) is 0 Å². The number of carbonyl (C=O) groups excluding carboxylic acids is 1. The van der Waals surface area contributed by atoms with Gasteiger partial charge in [0.15, 0.2) is 0 Å². The van der Waals surface area contributed by atoms with Crippen molar-refractivity contribution in [1.29, 1.82) is 0 Å². The zero-order valence-electron chi connectivity index (χ0n) is 13.4. The quantitative estimate of drug-likeness (QED) is 0.879. The molecule has 0 spiro atoms. The van der Waals surface area contributed by atoms with Gasteiger partial charge in [0.05, 0.1) is 21.3 Å². The molecule has 1 fully saturated rings. The summed E-state index contributed by atoms with van der Waals surface area (Å²) in [5.74, 6) is 0.141. The zero-order valence-corrected chi connectivity index (χ0v) is 15.0. The molecule has 1 aliphatic heterocycles. The summed E-state index contributed by atoms with van der Waals surface area (Å²) >= 11 is 3.69. The van der Waals surface area contributed by atoms with E-state index in [1.165, 1.54) is 5.69 Å². The third-order valence-electron chi connectivity index (χ3n) is 4.40. The molecule has 1 aliphatic rings. The number of hydrogen-bond acceptors (Lipinski definition) is 3. The first-order valence-electron chi connectivity index (χ1n) is 7.63. The van der Waals surface area contributed by atoms with Crippen LogP contribution in [0.4, 0.5) is 0 Å². The summed E-state index contributed by atoms with van der Waals surface area (Å²) in [7, 11) is 1.71. The van der Waals surface area contributed by atoms with Gasteiger partial charge in [-0.1, -0.05) is 6.92 Å². The molecular weight excluding hydrogens is 332 g/mol. The Labute approximate surface area is 135 Å². The second-order valence-corrected chi connectivity index (χ2v) is 6.77. The molecule has 1 atom stereocenters. The molecule has 1 saturated heterocycles. The minimum atomic E-state index is -0.272. The molecule has 2 heterocycles. The monoisotopic (exact) mass is 356 g/mol. The van der Waals surface area contributed by atoms with Crippen molar-refractivity contribution in [3.8, 4) is 0 Å². The van der Waals surface area contributed by atoms with Crippen LogP contribution >= 0.6 is 15.9 Å². The van der Waals surface area contributed by atoms with Gasteiger partial charge in [0.25, 0.3) is 0 Å². The molecule has 1 amide bonds. The summed E-state index contributed by atoms with van der Waals surface area (Å²) in [4.78, 5) is 14.4. The van der Waals surface area contributed by atoms with E-state index in [1.807, 2.05) is 0 Å². The number of hydrogen-bond donors (Lipinski definition) is 1. The molecule has 1 aromatic rings. The molecule has 0 aliphatic carbocycles. The van der Waals surface area contributed by atoms with Gasteiger partial charge in [0, 0.05) is 26.7 Å². The second kappa shape index (κ2) is 6.48. The number of nitrogens with zero attached hydrogens (tertiary/aromatic N) is 3. The maximum absolute atomic E-state index is 12.0. The summed E-state index contributed by atoms with van der Waals surface area (Å²) in [6.07, 6.45) is 1.84. The number of amides is 1. The van der Waals surface area contributed by atoms with Crippen LogP contribution in [-0.2, 0) is 24.3 Å². The van der Waals surface area contributed by atoms with Crippen molar-refractivity contribution in [2.75, 3.05) is 20.1 Å². The number of nitrogens with one attached hydrogen (secondary N) is 1. The Hall–Kier alpha value is -0.880. The highest BCUT2D eigenvalue weighted by molar-refractivity contribution is 9.10. The normalized spacial score (nSPS) is 22.7. The van der Waals surface area contributed by atoms with Crippen LogP contribution in [0.2, 0.25) is 0 Å². The minimum Gasteiger partial charge on any atom is -0.359 e. The average molecular weight is 357 g/mol. The van der Waals surface area contributed by atoms with Gasteiger partial charge < -0.3 is 5.32 Å². The molecule has 118 valence electrons. The summed E-state index contributed by atoms with van der Waals surface area (Å²) in [6, 6.07) is 0. The van der Waals surface area contributed by atoms with Crippen molar-refractivity contribution in [3.63, 3.8) is 0 Å². The highest BCUT2D eigenvalue weighted by Gasteiger charge is 2.40. The third kappa shape index (κ3) is 3.16. The molecule has 1 aromatic heterocycles. The fourth-order valence-electron chi connectivity index (χ4n) is 3.06. The molecule has 5 nitrogen and oxygen atoms in total. The molecule has 0 bridgehead atoms. The summed E-state index contributed by atoms with van der Waals surface area (Å²) in [6.45, 7) is 9.75. The molecule has 2 rings (SSSR count). The Morgan fingerprint density at radius 2 is 2.19 bits per heavy atom. The third-order valence-corrected chi connectivity index (χ3v) is 5.31. The van der Waals surface area contributed by atoms with Crippen molar-refractivity contribution in [3.05, 3.63) is 15.9 Å². The highest BCUT2D eigenvalue weighted by Crippen LogP contribution is 2.32. The van der Waals surface area contributed by atoms with Gasteiger partial charge in [-0.3, -0.25) is 14.4 Å². The maximum atomic E-state index is 12.0. The lowest BCUT2D eigenvalue weighted by molar-refractivity contribution is -0.129. The first-order chi connectivity index (χ1) is 9.95. The number of likely N-dealkylation sites (tertiary alicyclic amines) is 1. The van der Waals surface area contributed by atoms with Gasteiger partial charge in [-0.2, -0.15) is 5.10 Å². The first kappa shape index (κ1) is 16.5.